The van der Waals surface area contributed by atoms with Crippen LogP contribution in [0.5, 0.6) is 5.75 Å². The van der Waals surface area contributed by atoms with Gasteiger partial charge in [0.25, 0.3) is 0 Å². The first-order valence-electron chi connectivity index (χ1n) is 17.7. The Morgan fingerprint density at radius 1 is 0.540 bits per heavy atom. The van der Waals surface area contributed by atoms with Crippen LogP contribution < -0.4 is 10.1 Å². The molecule has 1 aromatic heterocycles. The SMILES string of the molecule is COc1ccccc1-c1cc(-c2cc(C(C)(C)C)cc(C(C)(C)C)c2)cc(-c2cccc(Nc3c(-c4ccccc4)cccc3C(C)C)c2)n1. The standard InChI is InChI=1S/C47H50N2O/c1-31(2)39-22-16-23-40(32-17-11-10-12-18-32)45(39)48-38-20-15-19-33(27-38)42-28-35(29-43(49-42)41-21-13-14-24-44(41)50-9)34-25-36(46(3,4)5)30-37(26-34)47(6,7)8/h10-31,48H,1-9H3. The number of para-hydroxylation sites is 2. The minimum Gasteiger partial charge on any atom is -0.496 e. The van der Waals surface area contributed by atoms with Crippen LogP contribution in [0.4, 0.5) is 11.4 Å². The molecule has 50 heavy (non-hydrogen) atoms. The summed E-state index contributed by atoms with van der Waals surface area (Å²) in [6, 6.07) is 45.5. The average Bonchev–Trinajstić information content (AvgIpc) is 3.11. The molecule has 0 fully saturated rings. The molecular weight excluding hydrogens is 609 g/mol. The summed E-state index contributed by atoms with van der Waals surface area (Å²) in [5.74, 6) is 1.16. The minimum atomic E-state index is 0.00221. The quantitative estimate of drug-likeness (QED) is 0.177. The largest absolute Gasteiger partial charge is 0.496 e. The molecule has 5 aromatic carbocycles. The van der Waals surface area contributed by atoms with Crippen LogP contribution in [0.25, 0.3) is 44.8 Å². The highest BCUT2D eigenvalue weighted by molar-refractivity contribution is 5.85. The lowest BCUT2D eigenvalue weighted by Crippen LogP contribution is -2.16. The number of hydrogen-bond acceptors (Lipinski definition) is 3. The lowest BCUT2D eigenvalue weighted by molar-refractivity contribution is 0.416. The van der Waals surface area contributed by atoms with Crippen molar-refractivity contribution in [3.8, 4) is 50.5 Å². The van der Waals surface area contributed by atoms with Crippen LogP contribution in [-0.2, 0) is 10.8 Å². The smallest absolute Gasteiger partial charge is 0.128 e. The number of anilines is 2. The molecule has 0 unspecified atom stereocenters. The van der Waals surface area contributed by atoms with E-state index in [1.165, 1.54) is 33.4 Å². The van der Waals surface area contributed by atoms with E-state index in [4.69, 9.17) is 9.72 Å². The van der Waals surface area contributed by atoms with Crippen LogP contribution in [0.2, 0.25) is 0 Å². The van der Waals surface area contributed by atoms with Crippen LogP contribution >= 0.6 is 0 Å². The summed E-state index contributed by atoms with van der Waals surface area (Å²) in [5.41, 5.74) is 14.6. The van der Waals surface area contributed by atoms with Crippen LogP contribution in [0, 0.1) is 0 Å². The van der Waals surface area contributed by atoms with Crippen molar-refractivity contribution in [2.24, 2.45) is 0 Å². The fourth-order valence-electron chi connectivity index (χ4n) is 6.45. The molecular formula is C47H50N2O. The summed E-state index contributed by atoms with van der Waals surface area (Å²) in [4.78, 5) is 5.30. The van der Waals surface area contributed by atoms with Crippen molar-refractivity contribution in [1.29, 1.82) is 0 Å². The molecule has 0 aliphatic rings. The van der Waals surface area contributed by atoms with Gasteiger partial charge in [0, 0.05) is 28.1 Å². The maximum Gasteiger partial charge on any atom is 0.128 e. The predicted octanol–water partition coefficient (Wildman–Crippen LogP) is 13.2. The van der Waals surface area contributed by atoms with Crippen LogP contribution in [0.3, 0.4) is 0 Å². The second-order valence-corrected chi connectivity index (χ2v) is 15.6. The Morgan fingerprint density at radius 2 is 1.12 bits per heavy atom. The molecule has 0 atom stereocenters. The van der Waals surface area contributed by atoms with Gasteiger partial charge in [-0.15, -0.1) is 0 Å². The van der Waals surface area contributed by atoms with E-state index in [1.54, 1.807) is 7.11 Å². The van der Waals surface area contributed by atoms with Crippen molar-refractivity contribution >= 4 is 11.4 Å². The Balaban J connectivity index is 1.52. The maximum absolute atomic E-state index is 5.83. The van der Waals surface area contributed by atoms with Gasteiger partial charge < -0.3 is 10.1 Å². The van der Waals surface area contributed by atoms with Crippen LogP contribution in [0.1, 0.15) is 78.0 Å². The van der Waals surface area contributed by atoms with E-state index in [9.17, 15) is 0 Å². The van der Waals surface area contributed by atoms with Crippen molar-refractivity contribution in [3.05, 3.63) is 144 Å². The van der Waals surface area contributed by atoms with Crippen molar-refractivity contribution < 1.29 is 4.74 Å². The average molecular weight is 659 g/mol. The van der Waals surface area contributed by atoms with E-state index < -0.39 is 0 Å². The summed E-state index contributed by atoms with van der Waals surface area (Å²) in [6.45, 7) is 18.2. The Kier molecular flexibility index (Phi) is 9.71. The number of rotatable bonds is 8. The second kappa shape index (κ2) is 14.0. The van der Waals surface area contributed by atoms with Crippen molar-refractivity contribution in [2.75, 3.05) is 12.4 Å². The van der Waals surface area contributed by atoms with Gasteiger partial charge in [-0.3, -0.25) is 0 Å². The topological polar surface area (TPSA) is 34.1 Å². The van der Waals surface area contributed by atoms with E-state index in [-0.39, 0.29) is 10.8 Å². The second-order valence-electron chi connectivity index (χ2n) is 15.6. The zero-order valence-electron chi connectivity index (χ0n) is 31.1. The number of pyridine rings is 1. The predicted molar refractivity (Wildman–Crippen MR) is 214 cm³/mol. The molecule has 0 aliphatic heterocycles. The molecule has 254 valence electrons. The van der Waals surface area contributed by atoms with Gasteiger partial charge in [-0.25, -0.2) is 4.98 Å². The normalized spacial score (nSPS) is 11.9. The fraction of sp³-hybridized carbons (Fsp3) is 0.255. The van der Waals surface area contributed by atoms with E-state index >= 15 is 0 Å². The van der Waals surface area contributed by atoms with E-state index in [2.05, 4.69) is 170 Å². The molecule has 0 radical (unpaired) electrons. The number of nitrogens with zero attached hydrogens (tertiary/aromatic N) is 1. The molecule has 1 heterocycles. The van der Waals surface area contributed by atoms with Gasteiger partial charge >= 0.3 is 0 Å². The van der Waals surface area contributed by atoms with Crippen LogP contribution in [0.15, 0.2) is 127 Å². The summed E-state index contributed by atoms with van der Waals surface area (Å²) in [7, 11) is 1.72. The number of benzene rings is 5. The summed E-state index contributed by atoms with van der Waals surface area (Å²) in [6.07, 6.45) is 0. The van der Waals surface area contributed by atoms with E-state index in [1.807, 2.05) is 18.2 Å². The first-order chi connectivity index (χ1) is 23.8. The molecule has 3 heteroatoms. The Hall–Kier alpha value is -5.15. The maximum atomic E-state index is 5.83. The van der Waals surface area contributed by atoms with E-state index in [0.29, 0.717) is 5.92 Å². The monoisotopic (exact) mass is 658 g/mol. The zero-order chi connectivity index (χ0) is 35.6. The third kappa shape index (κ3) is 7.53. The fourth-order valence-corrected chi connectivity index (χ4v) is 6.45. The molecule has 3 nitrogen and oxygen atoms in total. The highest BCUT2D eigenvalue weighted by Gasteiger charge is 2.22. The lowest BCUT2D eigenvalue weighted by atomic mass is 9.79. The first kappa shape index (κ1) is 34.7. The third-order valence-corrected chi connectivity index (χ3v) is 9.44. The van der Waals surface area contributed by atoms with Gasteiger partial charge in [0.2, 0.25) is 0 Å². The van der Waals surface area contributed by atoms with Crippen LogP contribution in [-0.4, -0.2) is 12.1 Å². The number of hydrogen-bond donors (Lipinski definition) is 1. The number of methoxy groups -OCH3 is 1. The highest BCUT2D eigenvalue weighted by atomic mass is 16.5. The van der Waals surface area contributed by atoms with Gasteiger partial charge in [0.05, 0.1) is 18.5 Å². The molecule has 0 amide bonds. The molecule has 0 saturated heterocycles. The van der Waals surface area contributed by atoms with Gasteiger partial charge in [0.1, 0.15) is 5.75 Å². The van der Waals surface area contributed by atoms with E-state index in [0.717, 1.165) is 45.2 Å². The molecule has 6 aromatic rings. The van der Waals surface area contributed by atoms with Gasteiger partial charge in [-0.2, -0.15) is 0 Å². The lowest BCUT2D eigenvalue weighted by Gasteiger charge is -2.26. The van der Waals surface area contributed by atoms with Crippen molar-refractivity contribution in [2.45, 2.75) is 72.1 Å². The number of ether oxygens (including phenoxy) is 1. The van der Waals surface area contributed by atoms with Crippen molar-refractivity contribution in [1.82, 2.24) is 4.98 Å². The molecule has 0 bridgehead atoms. The van der Waals surface area contributed by atoms with Gasteiger partial charge in [0.15, 0.2) is 0 Å². The first-order valence-corrected chi connectivity index (χ1v) is 17.7. The van der Waals surface area contributed by atoms with Gasteiger partial charge in [-0.05, 0) is 86.5 Å². The Labute approximate surface area is 299 Å². The molecule has 1 N–H and O–H groups in total. The Morgan fingerprint density at radius 3 is 1.78 bits per heavy atom. The van der Waals surface area contributed by atoms with Gasteiger partial charge in [-0.1, -0.05) is 146 Å². The molecule has 0 saturated carbocycles. The summed E-state index contributed by atoms with van der Waals surface area (Å²) in [5, 5.41) is 3.84. The minimum absolute atomic E-state index is 0.00221. The number of aromatic nitrogens is 1. The number of nitrogens with one attached hydrogen (secondary N) is 1. The highest BCUT2D eigenvalue weighted by Crippen LogP contribution is 2.40. The molecule has 0 aliphatic carbocycles. The zero-order valence-corrected chi connectivity index (χ0v) is 31.1. The summed E-state index contributed by atoms with van der Waals surface area (Å²) < 4.78 is 5.83. The van der Waals surface area contributed by atoms with Crippen molar-refractivity contribution in [3.63, 3.8) is 0 Å². The summed E-state index contributed by atoms with van der Waals surface area (Å²) >= 11 is 0. The Bertz CT molecular complexity index is 2080. The molecule has 6 rings (SSSR count). The molecule has 0 spiro atoms. The third-order valence-electron chi connectivity index (χ3n) is 9.44.